The molecule has 0 unspecified atom stereocenters. The molecule has 1 rings (SSSR count). The lowest BCUT2D eigenvalue weighted by atomic mass is 10.1. The molecule has 0 bridgehead atoms. The summed E-state index contributed by atoms with van der Waals surface area (Å²) in [4.78, 5) is 11.4. The smallest absolute Gasteiger partial charge is 0.339 e. The predicted molar refractivity (Wildman–Crippen MR) is 59.2 cm³/mol. The molecule has 0 radical (unpaired) electrons. The van der Waals surface area contributed by atoms with Crippen LogP contribution in [0.4, 0.5) is 0 Å². The molecule has 0 aliphatic carbocycles. The number of ether oxygens (including phenoxy) is 2. The average Bonchev–Trinajstić information content (AvgIpc) is 2.27. The maximum atomic E-state index is 11.4. The lowest BCUT2D eigenvalue weighted by Gasteiger charge is -2.13. The highest BCUT2D eigenvalue weighted by atomic mass is 16.6. The van der Waals surface area contributed by atoms with E-state index in [-0.39, 0.29) is 6.10 Å². The van der Waals surface area contributed by atoms with Gasteiger partial charge in [0.25, 0.3) is 0 Å². The molecule has 4 nitrogen and oxygen atoms in total. The third kappa shape index (κ3) is 3.24. The van der Waals surface area contributed by atoms with Crippen LogP contribution in [0.5, 0.6) is 5.75 Å². The molecule has 16 heavy (non-hydrogen) atoms. The monoisotopic (exact) mass is 224 g/mol. The molecule has 0 spiro atoms. The van der Waals surface area contributed by atoms with Crippen molar-refractivity contribution in [2.24, 2.45) is 0 Å². The number of hydrogen-bond donors (Lipinski definition) is 1. The SMILES string of the molecule is COc1ccc([C@H](O)C(=O)OC(C)C)cc1. The zero-order valence-electron chi connectivity index (χ0n) is 9.64. The number of aliphatic hydroxyl groups is 1. The fourth-order valence-electron chi connectivity index (χ4n) is 1.22. The first-order chi connectivity index (χ1) is 7.54. The van der Waals surface area contributed by atoms with Gasteiger partial charge < -0.3 is 14.6 Å². The summed E-state index contributed by atoms with van der Waals surface area (Å²) < 4.78 is 9.88. The molecule has 0 fully saturated rings. The van der Waals surface area contributed by atoms with Crippen LogP contribution in [0.1, 0.15) is 25.5 Å². The third-order valence-corrected chi connectivity index (χ3v) is 2.01. The van der Waals surface area contributed by atoms with Crippen molar-refractivity contribution in [1.29, 1.82) is 0 Å². The third-order valence-electron chi connectivity index (χ3n) is 2.01. The van der Waals surface area contributed by atoms with Crippen LogP contribution < -0.4 is 4.74 Å². The van der Waals surface area contributed by atoms with Gasteiger partial charge in [-0.15, -0.1) is 0 Å². The van der Waals surface area contributed by atoms with Crippen LogP contribution in [-0.2, 0) is 9.53 Å². The first-order valence-electron chi connectivity index (χ1n) is 5.07. The maximum Gasteiger partial charge on any atom is 0.339 e. The molecule has 88 valence electrons. The number of hydrogen-bond acceptors (Lipinski definition) is 4. The van der Waals surface area contributed by atoms with Crippen molar-refractivity contribution in [3.63, 3.8) is 0 Å². The Labute approximate surface area is 94.8 Å². The van der Waals surface area contributed by atoms with E-state index in [9.17, 15) is 9.90 Å². The molecular formula is C12H16O4. The summed E-state index contributed by atoms with van der Waals surface area (Å²) in [6.45, 7) is 3.47. The van der Waals surface area contributed by atoms with Crippen LogP contribution in [-0.4, -0.2) is 24.3 Å². The van der Waals surface area contributed by atoms with Crippen molar-refractivity contribution >= 4 is 5.97 Å². The highest BCUT2D eigenvalue weighted by Gasteiger charge is 2.19. The van der Waals surface area contributed by atoms with E-state index in [1.54, 1.807) is 45.2 Å². The quantitative estimate of drug-likeness (QED) is 0.790. The average molecular weight is 224 g/mol. The molecule has 4 heteroatoms. The Balaban J connectivity index is 2.72. The van der Waals surface area contributed by atoms with Crippen molar-refractivity contribution < 1.29 is 19.4 Å². The lowest BCUT2D eigenvalue weighted by molar-refractivity contribution is -0.157. The highest BCUT2D eigenvalue weighted by molar-refractivity contribution is 5.76. The first-order valence-corrected chi connectivity index (χ1v) is 5.07. The van der Waals surface area contributed by atoms with Crippen molar-refractivity contribution in [2.75, 3.05) is 7.11 Å². The zero-order chi connectivity index (χ0) is 12.1. The molecule has 1 atom stereocenters. The summed E-state index contributed by atoms with van der Waals surface area (Å²) in [5.41, 5.74) is 0.492. The van der Waals surface area contributed by atoms with Crippen molar-refractivity contribution in [3.05, 3.63) is 29.8 Å². The van der Waals surface area contributed by atoms with Crippen LogP contribution in [0.25, 0.3) is 0 Å². The summed E-state index contributed by atoms with van der Waals surface area (Å²) in [6.07, 6.45) is -1.48. The van der Waals surface area contributed by atoms with Gasteiger partial charge in [0.1, 0.15) is 5.75 Å². The van der Waals surface area contributed by atoms with E-state index in [1.165, 1.54) is 0 Å². The van der Waals surface area contributed by atoms with Gasteiger partial charge in [0.05, 0.1) is 13.2 Å². The molecule has 0 aliphatic rings. The van der Waals surface area contributed by atoms with Crippen LogP contribution in [0.3, 0.4) is 0 Å². The van der Waals surface area contributed by atoms with Gasteiger partial charge in [-0.3, -0.25) is 0 Å². The molecule has 0 amide bonds. The molecule has 1 aromatic carbocycles. The summed E-state index contributed by atoms with van der Waals surface area (Å²) in [7, 11) is 1.55. The minimum atomic E-state index is -1.24. The number of esters is 1. The van der Waals surface area contributed by atoms with Crippen LogP contribution in [0, 0.1) is 0 Å². The molecular weight excluding hydrogens is 208 g/mol. The van der Waals surface area contributed by atoms with E-state index in [0.29, 0.717) is 11.3 Å². The number of carbonyl (C=O) groups is 1. The maximum absolute atomic E-state index is 11.4. The van der Waals surface area contributed by atoms with E-state index in [1.807, 2.05) is 0 Å². The van der Waals surface area contributed by atoms with Crippen LogP contribution in [0.2, 0.25) is 0 Å². The molecule has 0 heterocycles. The lowest BCUT2D eigenvalue weighted by Crippen LogP contribution is -2.19. The predicted octanol–water partition coefficient (Wildman–Crippen LogP) is 1.68. The van der Waals surface area contributed by atoms with Gasteiger partial charge in [-0.25, -0.2) is 4.79 Å². The summed E-state index contributed by atoms with van der Waals surface area (Å²) in [5, 5.41) is 9.69. The van der Waals surface area contributed by atoms with Gasteiger partial charge in [0.2, 0.25) is 0 Å². The van der Waals surface area contributed by atoms with Crippen molar-refractivity contribution in [3.8, 4) is 5.75 Å². The zero-order valence-corrected chi connectivity index (χ0v) is 9.64. The minimum absolute atomic E-state index is 0.236. The Morgan fingerprint density at radius 1 is 1.25 bits per heavy atom. The summed E-state index contributed by atoms with van der Waals surface area (Å²) in [5.74, 6) is 0.0355. The topological polar surface area (TPSA) is 55.8 Å². The van der Waals surface area contributed by atoms with Gasteiger partial charge in [0.15, 0.2) is 6.10 Å². The van der Waals surface area contributed by atoms with E-state index < -0.39 is 12.1 Å². The molecule has 1 aromatic rings. The number of carbonyl (C=O) groups excluding carboxylic acids is 1. The Morgan fingerprint density at radius 2 is 1.81 bits per heavy atom. The molecule has 0 aromatic heterocycles. The fraction of sp³-hybridized carbons (Fsp3) is 0.417. The van der Waals surface area contributed by atoms with Gasteiger partial charge in [-0.05, 0) is 31.5 Å². The van der Waals surface area contributed by atoms with E-state index in [0.717, 1.165) is 0 Å². The van der Waals surface area contributed by atoms with E-state index >= 15 is 0 Å². The summed E-state index contributed by atoms with van der Waals surface area (Å²) >= 11 is 0. The number of methoxy groups -OCH3 is 1. The van der Waals surface area contributed by atoms with Gasteiger partial charge in [-0.1, -0.05) is 12.1 Å². The number of rotatable bonds is 4. The van der Waals surface area contributed by atoms with Gasteiger partial charge >= 0.3 is 5.97 Å². The van der Waals surface area contributed by atoms with Crippen LogP contribution >= 0.6 is 0 Å². The standard InChI is InChI=1S/C12H16O4/c1-8(2)16-12(14)11(13)9-4-6-10(15-3)7-5-9/h4-8,11,13H,1-3H3/t11-/m0/s1. The van der Waals surface area contributed by atoms with Gasteiger partial charge in [-0.2, -0.15) is 0 Å². The fourth-order valence-corrected chi connectivity index (χ4v) is 1.22. The van der Waals surface area contributed by atoms with E-state index in [4.69, 9.17) is 9.47 Å². The Kier molecular flexibility index (Phi) is 4.31. The Hall–Kier alpha value is -1.55. The molecule has 0 aliphatic heterocycles. The van der Waals surface area contributed by atoms with Crippen molar-refractivity contribution in [1.82, 2.24) is 0 Å². The normalized spacial score (nSPS) is 12.3. The second-order valence-electron chi connectivity index (χ2n) is 3.66. The number of aliphatic hydroxyl groups excluding tert-OH is 1. The van der Waals surface area contributed by atoms with Crippen LogP contribution in [0.15, 0.2) is 24.3 Å². The molecule has 0 saturated carbocycles. The Bertz CT molecular complexity index is 343. The first kappa shape index (κ1) is 12.5. The van der Waals surface area contributed by atoms with Crippen molar-refractivity contribution in [2.45, 2.75) is 26.1 Å². The molecule has 1 N–H and O–H groups in total. The summed E-state index contributed by atoms with van der Waals surface area (Å²) in [6, 6.07) is 6.62. The Morgan fingerprint density at radius 3 is 2.25 bits per heavy atom. The largest absolute Gasteiger partial charge is 0.497 e. The second kappa shape index (κ2) is 5.51. The number of benzene rings is 1. The minimum Gasteiger partial charge on any atom is -0.497 e. The molecule has 0 saturated heterocycles. The van der Waals surface area contributed by atoms with Gasteiger partial charge in [0, 0.05) is 0 Å². The second-order valence-corrected chi connectivity index (χ2v) is 3.66. The van der Waals surface area contributed by atoms with E-state index in [2.05, 4.69) is 0 Å². The highest BCUT2D eigenvalue weighted by Crippen LogP contribution is 2.18.